The van der Waals surface area contributed by atoms with Gasteiger partial charge in [-0.2, -0.15) is 0 Å². The van der Waals surface area contributed by atoms with Gasteiger partial charge in [0.1, 0.15) is 12.6 Å². The fourth-order valence-corrected chi connectivity index (χ4v) is 4.38. The van der Waals surface area contributed by atoms with E-state index in [-0.39, 0.29) is 12.6 Å². The molecule has 0 saturated heterocycles. The van der Waals surface area contributed by atoms with Gasteiger partial charge >= 0.3 is 0 Å². The van der Waals surface area contributed by atoms with Crippen LogP contribution in [0.3, 0.4) is 0 Å². The summed E-state index contributed by atoms with van der Waals surface area (Å²) in [6, 6.07) is 14.4. The van der Waals surface area contributed by atoms with Crippen molar-refractivity contribution in [3.63, 3.8) is 0 Å². The summed E-state index contributed by atoms with van der Waals surface area (Å²) in [4.78, 5) is 0. The number of tetrazole rings is 1. The lowest BCUT2D eigenvalue weighted by atomic mass is 9.95. The van der Waals surface area contributed by atoms with Crippen LogP contribution >= 0.6 is 0 Å². The molecule has 1 unspecified atom stereocenters. The zero-order valence-corrected chi connectivity index (χ0v) is 19.3. The van der Waals surface area contributed by atoms with Crippen LogP contribution in [0.4, 0.5) is 5.69 Å². The van der Waals surface area contributed by atoms with Crippen LogP contribution in [-0.2, 0) is 6.42 Å². The molecule has 7 heteroatoms. The molecular formula is C26H31N5O2. The molecule has 1 aromatic heterocycles. The van der Waals surface area contributed by atoms with Gasteiger partial charge in [0, 0.05) is 5.69 Å². The number of hydrogen-bond acceptors (Lipinski definition) is 6. The Morgan fingerprint density at radius 2 is 1.91 bits per heavy atom. The summed E-state index contributed by atoms with van der Waals surface area (Å²) in [6.45, 7) is 2.33. The summed E-state index contributed by atoms with van der Waals surface area (Å²) in [5.41, 5.74) is 3.27. The Morgan fingerprint density at radius 3 is 2.61 bits per heavy atom. The van der Waals surface area contributed by atoms with Gasteiger partial charge in [0.05, 0.1) is 13.2 Å². The molecule has 1 N–H and O–H groups in total. The van der Waals surface area contributed by atoms with Crippen molar-refractivity contribution in [1.82, 2.24) is 20.2 Å². The van der Waals surface area contributed by atoms with Gasteiger partial charge in [-0.15, -0.1) is 11.5 Å². The van der Waals surface area contributed by atoms with Crippen LogP contribution in [-0.4, -0.2) is 33.9 Å². The number of ether oxygens (including phenoxy) is 2. The summed E-state index contributed by atoms with van der Waals surface area (Å²) in [7, 11) is 1.62. The molecule has 33 heavy (non-hydrogen) atoms. The van der Waals surface area contributed by atoms with Gasteiger partial charge in [-0.05, 0) is 65.1 Å². The number of aryl methyl sites for hydroxylation is 1. The first-order valence-corrected chi connectivity index (χ1v) is 11.6. The second-order valence-electron chi connectivity index (χ2n) is 8.30. The van der Waals surface area contributed by atoms with Crippen molar-refractivity contribution in [1.29, 1.82) is 0 Å². The van der Waals surface area contributed by atoms with E-state index >= 15 is 0 Å². The normalized spacial score (nSPS) is 14.9. The van der Waals surface area contributed by atoms with E-state index in [2.05, 4.69) is 58.0 Å². The minimum atomic E-state index is -0.259. The van der Waals surface area contributed by atoms with Crippen molar-refractivity contribution in [3.05, 3.63) is 59.4 Å². The average molecular weight is 446 g/mol. The lowest BCUT2D eigenvalue weighted by Crippen LogP contribution is -2.23. The van der Waals surface area contributed by atoms with Crippen molar-refractivity contribution in [2.45, 2.75) is 57.5 Å². The highest BCUT2D eigenvalue weighted by molar-refractivity contribution is 5.51. The molecule has 1 saturated carbocycles. The van der Waals surface area contributed by atoms with Crippen LogP contribution < -0.4 is 14.8 Å². The van der Waals surface area contributed by atoms with Crippen molar-refractivity contribution < 1.29 is 9.47 Å². The highest BCUT2D eigenvalue weighted by Gasteiger charge is 2.27. The molecule has 3 aromatic rings. The number of nitrogens with zero attached hydrogens (tertiary/aromatic N) is 4. The van der Waals surface area contributed by atoms with Gasteiger partial charge in [-0.25, -0.2) is 4.68 Å². The number of aromatic nitrogens is 4. The zero-order chi connectivity index (χ0) is 23.0. The van der Waals surface area contributed by atoms with Crippen molar-refractivity contribution >= 4 is 5.69 Å². The number of hydrogen-bond donors (Lipinski definition) is 1. The summed E-state index contributed by atoms with van der Waals surface area (Å²) in [5, 5.41) is 16.6. The number of nitrogens with one attached hydrogen (secondary N) is 1. The lowest BCUT2D eigenvalue weighted by Gasteiger charge is -2.26. The molecule has 1 atom stereocenters. The number of rotatable bonds is 9. The van der Waals surface area contributed by atoms with E-state index < -0.39 is 0 Å². The molecule has 4 rings (SSSR count). The highest BCUT2D eigenvalue weighted by Crippen LogP contribution is 2.36. The van der Waals surface area contributed by atoms with Gasteiger partial charge < -0.3 is 14.8 Å². The molecule has 1 aliphatic rings. The molecule has 0 radical (unpaired) electrons. The number of terminal acetylenes is 1. The summed E-state index contributed by atoms with van der Waals surface area (Å²) < 4.78 is 13.2. The Labute approximate surface area is 195 Å². The SMILES string of the molecule is C#CCOc1ccc(C(Nc2ccc(CC)cc2)c2nnnn2C2CCCCC2)cc1OC. The van der Waals surface area contributed by atoms with Crippen molar-refractivity contribution in [2.24, 2.45) is 0 Å². The Morgan fingerprint density at radius 1 is 1.12 bits per heavy atom. The molecule has 1 fully saturated rings. The topological polar surface area (TPSA) is 74.1 Å². The van der Waals surface area contributed by atoms with Crippen LogP contribution in [0.25, 0.3) is 0 Å². The van der Waals surface area contributed by atoms with Gasteiger partial charge in [-0.1, -0.05) is 50.3 Å². The monoisotopic (exact) mass is 445 g/mol. The predicted octanol–water partition coefficient (Wildman–Crippen LogP) is 4.96. The average Bonchev–Trinajstić information content (AvgIpc) is 3.36. The zero-order valence-electron chi connectivity index (χ0n) is 19.3. The summed E-state index contributed by atoms with van der Waals surface area (Å²) >= 11 is 0. The first-order chi connectivity index (χ1) is 16.2. The smallest absolute Gasteiger partial charge is 0.178 e. The summed E-state index contributed by atoms with van der Waals surface area (Å²) in [5.74, 6) is 4.51. The molecule has 0 amide bonds. The second kappa shape index (κ2) is 10.9. The Bertz CT molecular complexity index is 1080. The molecule has 7 nitrogen and oxygen atoms in total. The summed E-state index contributed by atoms with van der Waals surface area (Å²) in [6.07, 6.45) is 12.2. The Balaban J connectivity index is 1.72. The molecule has 0 spiro atoms. The number of methoxy groups -OCH3 is 1. The molecule has 0 aliphatic heterocycles. The standard InChI is InChI=1S/C26H31N5O2/c1-4-17-33-23-16-13-20(18-24(23)32-3)25(27-21-14-11-19(5-2)12-15-21)26-28-29-30-31(26)22-9-7-6-8-10-22/h1,11-16,18,22,25,27H,5-10,17H2,2-3H3. The van der Waals surface area contributed by atoms with E-state index in [1.54, 1.807) is 7.11 Å². The third-order valence-corrected chi connectivity index (χ3v) is 6.20. The molecule has 0 bridgehead atoms. The first-order valence-electron chi connectivity index (χ1n) is 11.6. The Kier molecular flexibility index (Phi) is 7.46. The van der Waals surface area contributed by atoms with Crippen LogP contribution in [0.5, 0.6) is 11.5 Å². The molecule has 172 valence electrons. The minimum absolute atomic E-state index is 0.182. The minimum Gasteiger partial charge on any atom is -0.493 e. The first kappa shape index (κ1) is 22.7. The fourth-order valence-electron chi connectivity index (χ4n) is 4.38. The van der Waals surface area contributed by atoms with E-state index in [4.69, 9.17) is 15.9 Å². The highest BCUT2D eigenvalue weighted by atomic mass is 16.5. The molecule has 1 aliphatic carbocycles. The van der Waals surface area contributed by atoms with E-state index in [9.17, 15) is 0 Å². The van der Waals surface area contributed by atoms with Crippen LogP contribution in [0.1, 0.15) is 68.1 Å². The van der Waals surface area contributed by atoms with Crippen LogP contribution in [0.2, 0.25) is 0 Å². The van der Waals surface area contributed by atoms with Crippen LogP contribution in [0.15, 0.2) is 42.5 Å². The van der Waals surface area contributed by atoms with Gasteiger partial charge in [0.25, 0.3) is 0 Å². The lowest BCUT2D eigenvalue weighted by molar-refractivity contribution is 0.315. The largest absolute Gasteiger partial charge is 0.493 e. The van der Waals surface area contributed by atoms with Crippen molar-refractivity contribution in [2.75, 3.05) is 19.0 Å². The van der Waals surface area contributed by atoms with Crippen molar-refractivity contribution in [3.8, 4) is 23.8 Å². The molecule has 1 heterocycles. The number of anilines is 1. The molecular weight excluding hydrogens is 414 g/mol. The number of benzene rings is 2. The van der Waals surface area contributed by atoms with Crippen LogP contribution in [0, 0.1) is 12.3 Å². The van der Waals surface area contributed by atoms with Gasteiger partial charge in [-0.3, -0.25) is 0 Å². The van der Waals surface area contributed by atoms with Gasteiger partial charge in [0.2, 0.25) is 0 Å². The van der Waals surface area contributed by atoms with E-state index in [0.29, 0.717) is 17.5 Å². The maximum atomic E-state index is 5.64. The second-order valence-corrected chi connectivity index (χ2v) is 8.30. The third-order valence-electron chi connectivity index (χ3n) is 6.20. The van der Waals surface area contributed by atoms with E-state index in [0.717, 1.165) is 36.3 Å². The maximum absolute atomic E-state index is 5.64. The molecule has 2 aromatic carbocycles. The predicted molar refractivity (Wildman–Crippen MR) is 129 cm³/mol. The van der Waals surface area contributed by atoms with Gasteiger partial charge in [0.15, 0.2) is 17.3 Å². The van der Waals surface area contributed by atoms with E-state index in [1.807, 2.05) is 22.9 Å². The van der Waals surface area contributed by atoms with E-state index in [1.165, 1.54) is 24.8 Å². The maximum Gasteiger partial charge on any atom is 0.178 e. The third kappa shape index (κ3) is 5.28. The fraction of sp³-hybridized carbons (Fsp3) is 0.423. The Hall–Kier alpha value is -3.53. The quantitative estimate of drug-likeness (QED) is 0.469.